The lowest BCUT2D eigenvalue weighted by atomic mass is 9.97. The Hall–Kier alpha value is -2.17. The molecule has 5 nitrogen and oxygen atoms in total. The molecule has 1 aliphatic heterocycles. The molecule has 1 atom stereocenters. The van der Waals surface area contributed by atoms with Crippen LogP contribution in [0.2, 0.25) is 0 Å². The van der Waals surface area contributed by atoms with E-state index in [4.69, 9.17) is 4.52 Å². The Bertz CT molecular complexity index is 624. The molecule has 116 valence electrons. The Morgan fingerprint density at radius 1 is 1.36 bits per heavy atom. The standard InChI is InChI=1S/C17H21N3O2/c1-2-15-18-17(22-19-15)14-9-6-10-20(12-14)16(21)11-13-7-4-3-5-8-13/h3-5,7-8,14H,2,6,9-12H2,1H3/t14-/m1/s1. The van der Waals surface area contributed by atoms with Crippen molar-refractivity contribution in [1.82, 2.24) is 15.0 Å². The molecule has 1 amide bonds. The quantitative estimate of drug-likeness (QED) is 0.870. The summed E-state index contributed by atoms with van der Waals surface area (Å²) in [6, 6.07) is 9.88. The zero-order valence-corrected chi connectivity index (χ0v) is 12.9. The van der Waals surface area contributed by atoms with Gasteiger partial charge in [0, 0.05) is 19.5 Å². The van der Waals surface area contributed by atoms with Gasteiger partial charge in [-0.3, -0.25) is 4.79 Å². The van der Waals surface area contributed by atoms with Gasteiger partial charge in [0.15, 0.2) is 5.82 Å². The zero-order chi connectivity index (χ0) is 15.4. The average Bonchev–Trinajstić information content (AvgIpc) is 3.05. The van der Waals surface area contributed by atoms with E-state index in [1.165, 1.54) is 0 Å². The van der Waals surface area contributed by atoms with Crippen LogP contribution < -0.4 is 0 Å². The summed E-state index contributed by atoms with van der Waals surface area (Å²) in [4.78, 5) is 18.8. The van der Waals surface area contributed by atoms with Crippen LogP contribution in [0.3, 0.4) is 0 Å². The molecule has 0 N–H and O–H groups in total. The van der Waals surface area contributed by atoms with Gasteiger partial charge in [0.1, 0.15) is 0 Å². The Labute approximate surface area is 130 Å². The van der Waals surface area contributed by atoms with Gasteiger partial charge in [-0.15, -0.1) is 0 Å². The van der Waals surface area contributed by atoms with Crippen LogP contribution in [0.1, 0.15) is 43.0 Å². The van der Waals surface area contributed by atoms with Crippen molar-refractivity contribution in [2.45, 2.75) is 38.5 Å². The van der Waals surface area contributed by atoms with Crippen molar-refractivity contribution in [1.29, 1.82) is 0 Å². The minimum Gasteiger partial charge on any atom is -0.342 e. The number of hydrogen-bond donors (Lipinski definition) is 0. The van der Waals surface area contributed by atoms with Crippen molar-refractivity contribution in [3.8, 4) is 0 Å². The number of aromatic nitrogens is 2. The highest BCUT2D eigenvalue weighted by molar-refractivity contribution is 5.78. The first kappa shape index (κ1) is 14.8. The van der Waals surface area contributed by atoms with E-state index < -0.39 is 0 Å². The Morgan fingerprint density at radius 3 is 2.91 bits per heavy atom. The highest BCUT2D eigenvalue weighted by Crippen LogP contribution is 2.26. The van der Waals surface area contributed by atoms with Crippen LogP contribution in [0.4, 0.5) is 0 Å². The van der Waals surface area contributed by atoms with E-state index in [0.717, 1.165) is 37.2 Å². The number of benzene rings is 1. The van der Waals surface area contributed by atoms with Crippen molar-refractivity contribution < 1.29 is 9.32 Å². The molecule has 0 bridgehead atoms. The number of rotatable bonds is 4. The maximum atomic E-state index is 12.5. The largest absolute Gasteiger partial charge is 0.342 e. The fourth-order valence-corrected chi connectivity index (χ4v) is 2.86. The number of aryl methyl sites for hydroxylation is 1. The van der Waals surface area contributed by atoms with Gasteiger partial charge >= 0.3 is 0 Å². The topological polar surface area (TPSA) is 59.2 Å². The molecular formula is C17H21N3O2. The second-order valence-electron chi connectivity index (χ2n) is 5.74. The number of hydrogen-bond acceptors (Lipinski definition) is 4. The molecule has 0 unspecified atom stereocenters. The third kappa shape index (κ3) is 3.35. The molecule has 1 saturated heterocycles. The summed E-state index contributed by atoms with van der Waals surface area (Å²) in [5, 5.41) is 3.96. The molecule has 3 rings (SSSR count). The predicted molar refractivity (Wildman–Crippen MR) is 82.4 cm³/mol. The molecule has 1 aromatic heterocycles. The van der Waals surface area contributed by atoms with E-state index in [1.807, 2.05) is 42.2 Å². The molecule has 0 aliphatic carbocycles. The van der Waals surface area contributed by atoms with Crippen LogP contribution in [-0.2, 0) is 17.6 Å². The summed E-state index contributed by atoms with van der Waals surface area (Å²) in [6.45, 7) is 3.50. The Morgan fingerprint density at radius 2 is 2.18 bits per heavy atom. The molecule has 5 heteroatoms. The number of piperidine rings is 1. The minimum absolute atomic E-state index is 0.168. The van der Waals surface area contributed by atoms with E-state index in [2.05, 4.69) is 10.1 Å². The summed E-state index contributed by atoms with van der Waals surface area (Å²) in [5.41, 5.74) is 1.06. The maximum absolute atomic E-state index is 12.5. The molecule has 1 fully saturated rings. The van der Waals surface area contributed by atoms with Crippen LogP contribution >= 0.6 is 0 Å². The Kier molecular flexibility index (Phi) is 4.51. The van der Waals surface area contributed by atoms with Crippen molar-refractivity contribution in [2.24, 2.45) is 0 Å². The molecular weight excluding hydrogens is 278 g/mol. The SMILES string of the molecule is CCc1noc([C@@H]2CCCN(C(=O)Cc3ccccc3)C2)n1. The second kappa shape index (κ2) is 6.73. The van der Waals surface area contributed by atoms with E-state index in [9.17, 15) is 4.79 Å². The minimum atomic E-state index is 0.168. The number of carbonyl (C=O) groups is 1. The number of nitrogens with zero attached hydrogens (tertiary/aromatic N) is 3. The number of amides is 1. The first-order valence-corrected chi connectivity index (χ1v) is 7.90. The van der Waals surface area contributed by atoms with Crippen molar-refractivity contribution >= 4 is 5.91 Å². The van der Waals surface area contributed by atoms with Crippen LogP contribution in [0.15, 0.2) is 34.9 Å². The normalized spacial score (nSPS) is 18.4. The van der Waals surface area contributed by atoms with Gasteiger partial charge in [-0.2, -0.15) is 4.98 Å². The third-order valence-electron chi connectivity index (χ3n) is 4.12. The third-order valence-corrected chi connectivity index (χ3v) is 4.12. The number of likely N-dealkylation sites (tertiary alicyclic amines) is 1. The maximum Gasteiger partial charge on any atom is 0.231 e. The number of carbonyl (C=O) groups excluding carboxylic acids is 1. The summed E-state index contributed by atoms with van der Waals surface area (Å²) >= 11 is 0. The van der Waals surface area contributed by atoms with Crippen LogP contribution in [0, 0.1) is 0 Å². The Balaban J connectivity index is 1.63. The highest BCUT2D eigenvalue weighted by atomic mass is 16.5. The lowest BCUT2D eigenvalue weighted by molar-refractivity contribution is -0.131. The summed E-state index contributed by atoms with van der Waals surface area (Å²) in [7, 11) is 0. The van der Waals surface area contributed by atoms with E-state index >= 15 is 0 Å². The first-order chi connectivity index (χ1) is 10.8. The van der Waals surface area contributed by atoms with Gasteiger partial charge in [-0.25, -0.2) is 0 Å². The smallest absolute Gasteiger partial charge is 0.231 e. The molecule has 1 aliphatic rings. The molecule has 1 aromatic carbocycles. The van der Waals surface area contributed by atoms with Gasteiger partial charge in [-0.05, 0) is 18.4 Å². The highest BCUT2D eigenvalue weighted by Gasteiger charge is 2.28. The van der Waals surface area contributed by atoms with Gasteiger partial charge in [0.05, 0.1) is 12.3 Å². The fraction of sp³-hybridized carbons (Fsp3) is 0.471. The lowest BCUT2D eigenvalue weighted by Crippen LogP contribution is -2.40. The summed E-state index contributed by atoms with van der Waals surface area (Å²) in [6.07, 6.45) is 3.21. The zero-order valence-electron chi connectivity index (χ0n) is 12.9. The van der Waals surface area contributed by atoms with E-state index in [1.54, 1.807) is 0 Å². The predicted octanol–water partition coefficient (Wildman–Crippen LogP) is 2.58. The van der Waals surface area contributed by atoms with Gasteiger partial charge in [0.2, 0.25) is 11.8 Å². The monoisotopic (exact) mass is 299 g/mol. The van der Waals surface area contributed by atoms with Gasteiger partial charge < -0.3 is 9.42 Å². The second-order valence-corrected chi connectivity index (χ2v) is 5.74. The van der Waals surface area contributed by atoms with Gasteiger partial charge in [0.25, 0.3) is 0 Å². The van der Waals surface area contributed by atoms with Crippen molar-refractivity contribution in [3.05, 3.63) is 47.6 Å². The molecule has 2 aromatic rings. The van der Waals surface area contributed by atoms with E-state index in [0.29, 0.717) is 18.9 Å². The van der Waals surface area contributed by atoms with Crippen molar-refractivity contribution in [2.75, 3.05) is 13.1 Å². The lowest BCUT2D eigenvalue weighted by Gasteiger charge is -2.31. The van der Waals surface area contributed by atoms with Gasteiger partial charge in [-0.1, -0.05) is 42.4 Å². The van der Waals surface area contributed by atoms with Crippen molar-refractivity contribution in [3.63, 3.8) is 0 Å². The molecule has 0 saturated carbocycles. The van der Waals surface area contributed by atoms with Crippen LogP contribution in [-0.4, -0.2) is 34.0 Å². The fourth-order valence-electron chi connectivity index (χ4n) is 2.86. The summed E-state index contributed by atoms with van der Waals surface area (Å²) in [5.74, 6) is 1.75. The average molecular weight is 299 g/mol. The first-order valence-electron chi connectivity index (χ1n) is 7.90. The van der Waals surface area contributed by atoms with E-state index in [-0.39, 0.29) is 11.8 Å². The van der Waals surface area contributed by atoms with Crippen LogP contribution in [0.25, 0.3) is 0 Å². The molecule has 0 spiro atoms. The summed E-state index contributed by atoms with van der Waals surface area (Å²) < 4.78 is 5.34. The molecule has 2 heterocycles. The molecule has 22 heavy (non-hydrogen) atoms. The molecule has 0 radical (unpaired) electrons. The van der Waals surface area contributed by atoms with Crippen LogP contribution in [0.5, 0.6) is 0 Å².